The van der Waals surface area contributed by atoms with Crippen molar-refractivity contribution in [3.8, 4) is 0 Å². The first-order valence-corrected chi connectivity index (χ1v) is 23.6. The van der Waals surface area contributed by atoms with Gasteiger partial charge >= 0.3 is 11.9 Å². The highest BCUT2D eigenvalue weighted by Gasteiger charge is 2.17. The van der Waals surface area contributed by atoms with E-state index in [2.05, 4.69) is 20.8 Å². The monoisotopic (exact) mass is 737 g/mol. The zero-order chi connectivity index (χ0) is 37.8. The van der Waals surface area contributed by atoms with E-state index < -0.39 is 6.10 Å². The quantitative estimate of drug-likeness (QED) is 0.0460. The minimum absolute atomic E-state index is 0.0962. The van der Waals surface area contributed by atoms with Gasteiger partial charge in [0.1, 0.15) is 6.61 Å². The van der Waals surface area contributed by atoms with Crippen LogP contribution in [0.15, 0.2) is 0 Å². The maximum absolute atomic E-state index is 12.6. The summed E-state index contributed by atoms with van der Waals surface area (Å²) in [5.41, 5.74) is 0. The first-order valence-electron chi connectivity index (χ1n) is 23.6. The predicted octanol–water partition coefficient (Wildman–Crippen LogP) is 15.3. The van der Waals surface area contributed by atoms with Crippen LogP contribution < -0.4 is 0 Å². The van der Waals surface area contributed by atoms with Gasteiger partial charge in [0, 0.05) is 19.4 Å². The molecule has 0 aromatic carbocycles. The van der Waals surface area contributed by atoms with E-state index in [-0.39, 0.29) is 18.5 Å². The Labute approximate surface area is 325 Å². The largest absolute Gasteiger partial charge is 0.462 e. The van der Waals surface area contributed by atoms with E-state index in [0.29, 0.717) is 26.1 Å². The smallest absolute Gasteiger partial charge is 0.306 e. The van der Waals surface area contributed by atoms with Crippen LogP contribution in [0.5, 0.6) is 0 Å². The van der Waals surface area contributed by atoms with Gasteiger partial charge in [-0.25, -0.2) is 0 Å². The maximum atomic E-state index is 12.6. The van der Waals surface area contributed by atoms with Gasteiger partial charge in [0.15, 0.2) is 6.10 Å². The molecule has 0 aliphatic heterocycles. The molecule has 0 rings (SSSR count). The van der Waals surface area contributed by atoms with E-state index in [1.807, 2.05) is 0 Å². The molecule has 0 saturated heterocycles. The molecule has 310 valence electrons. The molecule has 0 spiro atoms. The Morgan fingerprint density at radius 2 is 0.635 bits per heavy atom. The molecular formula is C47H92O5. The third-order valence-electron chi connectivity index (χ3n) is 10.6. The molecule has 0 aromatic heterocycles. The number of unbranched alkanes of at least 4 members (excludes halogenated alkanes) is 33. The van der Waals surface area contributed by atoms with Crippen LogP contribution in [0.1, 0.15) is 265 Å². The molecule has 0 aromatic rings. The number of ether oxygens (including phenoxy) is 3. The number of hydrogen-bond acceptors (Lipinski definition) is 5. The van der Waals surface area contributed by atoms with E-state index in [1.165, 1.54) is 199 Å². The molecule has 0 aliphatic rings. The van der Waals surface area contributed by atoms with Crippen LogP contribution in [0.4, 0.5) is 0 Å². The molecule has 5 heteroatoms. The summed E-state index contributed by atoms with van der Waals surface area (Å²) in [6.45, 7) is 7.85. The van der Waals surface area contributed by atoms with Crippen molar-refractivity contribution in [2.45, 2.75) is 271 Å². The van der Waals surface area contributed by atoms with Crippen molar-refractivity contribution in [2.75, 3.05) is 19.8 Å². The number of carbonyl (C=O) groups is 2. The van der Waals surface area contributed by atoms with Gasteiger partial charge in [-0.15, -0.1) is 0 Å². The highest BCUT2D eigenvalue weighted by molar-refractivity contribution is 5.70. The van der Waals surface area contributed by atoms with Gasteiger partial charge < -0.3 is 14.2 Å². The molecule has 0 N–H and O–H groups in total. The van der Waals surface area contributed by atoms with Gasteiger partial charge in [-0.05, 0) is 19.3 Å². The van der Waals surface area contributed by atoms with Crippen molar-refractivity contribution >= 4 is 11.9 Å². The lowest BCUT2D eigenvalue weighted by atomic mass is 10.0. The van der Waals surface area contributed by atoms with Crippen molar-refractivity contribution in [3.05, 3.63) is 0 Å². The van der Waals surface area contributed by atoms with E-state index >= 15 is 0 Å². The Morgan fingerprint density at radius 3 is 0.981 bits per heavy atom. The van der Waals surface area contributed by atoms with Crippen molar-refractivity contribution in [1.82, 2.24) is 0 Å². The van der Waals surface area contributed by atoms with Gasteiger partial charge in [-0.3, -0.25) is 9.59 Å². The lowest BCUT2D eigenvalue weighted by Gasteiger charge is -2.18. The Balaban J connectivity index is 4.05. The zero-order valence-electron chi connectivity index (χ0n) is 35.6. The summed E-state index contributed by atoms with van der Waals surface area (Å²) in [5.74, 6) is -0.383. The van der Waals surface area contributed by atoms with Crippen molar-refractivity contribution in [2.24, 2.45) is 0 Å². The van der Waals surface area contributed by atoms with Crippen LogP contribution in [-0.2, 0) is 23.8 Å². The minimum atomic E-state index is -0.520. The van der Waals surface area contributed by atoms with Crippen LogP contribution >= 0.6 is 0 Å². The SMILES string of the molecule is CCCCCCCCCCCCCCCCCCCC(=O)OCC(COCCCCCCCCCCCCCC)OC(=O)CCCCCCCCC. The number of esters is 2. The molecule has 0 bridgehead atoms. The second-order valence-electron chi connectivity index (χ2n) is 16.0. The lowest BCUT2D eigenvalue weighted by Crippen LogP contribution is -2.30. The number of carbonyl (C=O) groups excluding carboxylic acids is 2. The fourth-order valence-electron chi connectivity index (χ4n) is 7.10. The van der Waals surface area contributed by atoms with Crippen LogP contribution in [0.3, 0.4) is 0 Å². The third-order valence-corrected chi connectivity index (χ3v) is 10.6. The molecule has 1 atom stereocenters. The van der Waals surface area contributed by atoms with Crippen molar-refractivity contribution in [1.29, 1.82) is 0 Å². The van der Waals surface area contributed by atoms with Crippen LogP contribution in [0.2, 0.25) is 0 Å². The third kappa shape index (κ3) is 41.7. The highest BCUT2D eigenvalue weighted by atomic mass is 16.6. The Hall–Kier alpha value is -1.10. The minimum Gasteiger partial charge on any atom is -0.462 e. The van der Waals surface area contributed by atoms with Gasteiger partial charge in [-0.1, -0.05) is 233 Å². The van der Waals surface area contributed by atoms with Gasteiger partial charge in [0.25, 0.3) is 0 Å². The molecular weight excluding hydrogens is 645 g/mol. The molecule has 1 unspecified atom stereocenters. The molecule has 0 aliphatic carbocycles. The van der Waals surface area contributed by atoms with E-state index in [0.717, 1.165) is 32.1 Å². The average molecular weight is 737 g/mol. The standard InChI is InChI=1S/C47H92O5/c1-4-7-10-13-16-18-20-22-23-24-25-26-27-29-32-34-37-40-46(48)51-44-45(52-47(49)41-38-35-31-15-12-9-6-3)43-50-42-39-36-33-30-28-21-19-17-14-11-8-5-2/h45H,4-44H2,1-3H3. The van der Waals surface area contributed by atoms with Crippen LogP contribution in [0, 0.1) is 0 Å². The molecule has 0 fully saturated rings. The lowest BCUT2D eigenvalue weighted by molar-refractivity contribution is -0.163. The fourth-order valence-corrected chi connectivity index (χ4v) is 7.10. The van der Waals surface area contributed by atoms with E-state index in [4.69, 9.17) is 14.2 Å². The molecule has 52 heavy (non-hydrogen) atoms. The Kier molecular flexibility index (Phi) is 43.4. The average Bonchev–Trinajstić information content (AvgIpc) is 3.14. The first-order chi connectivity index (χ1) is 25.6. The summed E-state index contributed by atoms with van der Waals surface area (Å²) in [5, 5.41) is 0. The Morgan fingerprint density at radius 1 is 0.346 bits per heavy atom. The Bertz CT molecular complexity index is 710. The van der Waals surface area contributed by atoms with Gasteiger partial charge in [0.2, 0.25) is 0 Å². The summed E-state index contributed by atoms with van der Waals surface area (Å²) in [6, 6.07) is 0. The first kappa shape index (κ1) is 50.9. The molecule has 0 radical (unpaired) electrons. The van der Waals surface area contributed by atoms with E-state index in [9.17, 15) is 9.59 Å². The molecule has 0 heterocycles. The predicted molar refractivity (Wildman–Crippen MR) is 224 cm³/mol. The molecule has 0 amide bonds. The van der Waals surface area contributed by atoms with Crippen molar-refractivity contribution in [3.63, 3.8) is 0 Å². The van der Waals surface area contributed by atoms with Gasteiger partial charge in [-0.2, -0.15) is 0 Å². The van der Waals surface area contributed by atoms with Crippen molar-refractivity contribution < 1.29 is 23.8 Å². The summed E-state index contributed by atoms with van der Waals surface area (Å²) in [6.07, 6.45) is 46.8. The van der Waals surface area contributed by atoms with Gasteiger partial charge in [0.05, 0.1) is 6.61 Å². The summed E-state index contributed by atoms with van der Waals surface area (Å²) < 4.78 is 17.3. The summed E-state index contributed by atoms with van der Waals surface area (Å²) in [7, 11) is 0. The second-order valence-corrected chi connectivity index (χ2v) is 16.0. The topological polar surface area (TPSA) is 61.8 Å². The maximum Gasteiger partial charge on any atom is 0.306 e. The van der Waals surface area contributed by atoms with Crippen LogP contribution in [0.25, 0.3) is 0 Å². The van der Waals surface area contributed by atoms with E-state index in [1.54, 1.807) is 0 Å². The molecule has 0 saturated carbocycles. The highest BCUT2D eigenvalue weighted by Crippen LogP contribution is 2.16. The fraction of sp³-hybridized carbons (Fsp3) is 0.957. The molecule has 5 nitrogen and oxygen atoms in total. The summed E-state index contributed by atoms with van der Waals surface area (Å²) in [4.78, 5) is 25.1. The number of hydrogen-bond donors (Lipinski definition) is 0. The van der Waals surface area contributed by atoms with Crippen LogP contribution in [-0.4, -0.2) is 37.9 Å². The second kappa shape index (κ2) is 44.3. The zero-order valence-corrected chi connectivity index (χ0v) is 35.6. The summed E-state index contributed by atoms with van der Waals surface area (Å²) >= 11 is 0. The number of rotatable bonds is 44. The normalized spacial score (nSPS) is 12.0.